The second-order valence-electron chi connectivity index (χ2n) is 13.7. The molecule has 0 amide bonds. The van der Waals surface area contributed by atoms with E-state index >= 15 is 0 Å². The molecule has 1 aliphatic rings. The van der Waals surface area contributed by atoms with E-state index in [2.05, 4.69) is 82.1 Å². The minimum absolute atomic E-state index is 0.162. The predicted octanol–water partition coefficient (Wildman–Crippen LogP) is 15.7. The van der Waals surface area contributed by atoms with Crippen molar-refractivity contribution in [1.29, 1.82) is 0 Å². The number of fused-ring (bicyclic) bond motifs is 3. The SMILES string of the molecule is CCCCCCCCCCCCCCC1(CCCCCCCCCCCCCC)c2cc(Br)ccc2-c2ccc(Br)cc21. The molecule has 0 saturated carbocycles. The molecule has 0 spiro atoms. The maximum atomic E-state index is 3.85. The average Bonchev–Trinajstić information content (AvgIpc) is 3.26. The molecule has 0 radical (unpaired) electrons. The van der Waals surface area contributed by atoms with Crippen molar-refractivity contribution in [1.82, 2.24) is 0 Å². The summed E-state index contributed by atoms with van der Waals surface area (Å²) in [5.74, 6) is 0. The number of hydrogen-bond donors (Lipinski definition) is 0. The van der Waals surface area contributed by atoms with E-state index < -0.39 is 0 Å². The first kappa shape index (κ1) is 36.9. The molecule has 2 aromatic carbocycles. The van der Waals surface area contributed by atoms with E-state index in [1.807, 2.05) is 0 Å². The number of rotatable bonds is 26. The van der Waals surface area contributed by atoms with Crippen LogP contribution in [-0.4, -0.2) is 0 Å². The van der Waals surface area contributed by atoms with Crippen LogP contribution in [0.25, 0.3) is 11.1 Å². The molecular formula is C41H64Br2. The quantitative estimate of drug-likeness (QED) is 0.0851. The second-order valence-corrected chi connectivity index (χ2v) is 15.6. The fraction of sp³-hybridized carbons (Fsp3) is 0.707. The molecule has 0 heterocycles. The van der Waals surface area contributed by atoms with Crippen molar-refractivity contribution < 1.29 is 0 Å². The number of halogens is 2. The predicted molar refractivity (Wildman–Crippen MR) is 199 cm³/mol. The van der Waals surface area contributed by atoms with Crippen molar-refractivity contribution in [2.75, 3.05) is 0 Å². The van der Waals surface area contributed by atoms with E-state index in [1.54, 1.807) is 11.1 Å². The summed E-state index contributed by atoms with van der Waals surface area (Å²) in [6, 6.07) is 14.2. The van der Waals surface area contributed by atoms with E-state index in [0.29, 0.717) is 0 Å². The zero-order chi connectivity index (χ0) is 30.6. The van der Waals surface area contributed by atoms with E-state index in [9.17, 15) is 0 Å². The summed E-state index contributed by atoms with van der Waals surface area (Å²) in [5, 5.41) is 0. The normalized spacial score (nSPS) is 13.4. The molecule has 43 heavy (non-hydrogen) atoms. The van der Waals surface area contributed by atoms with Gasteiger partial charge in [-0.3, -0.25) is 0 Å². The van der Waals surface area contributed by atoms with Crippen LogP contribution < -0.4 is 0 Å². The lowest BCUT2D eigenvalue weighted by Crippen LogP contribution is -2.25. The fourth-order valence-corrected chi connectivity index (χ4v) is 8.36. The molecule has 3 rings (SSSR count). The lowest BCUT2D eigenvalue weighted by Gasteiger charge is -2.33. The smallest absolute Gasteiger partial charge is 0.0216 e. The Hall–Kier alpha value is -0.600. The van der Waals surface area contributed by atoms with Gasteiger partial charge in [0, 0.05) is 14.4 Å². The first-order valence-electron chi connectivity index (χ1n) is 18.7. The Balaban J connectivity index is 1.50. The van der Waals surface area contributed by atoms with Gasteiger partial charge in [0.25, 0.3) is 0 Å². The minimum Gasteiger partial charge on any atom is -0.0654 e. The molecular weight excluding hydrogens is 652 g/mol. The Kier molecular flexibility index (Phi) is 18.9. The van der Waals surface area contributed by atoms with E-state index in [0.717, 1.165) is 0 Å². The van der Waals surface area contributed by atoms with Gasteiger partial charge in [-0.2, -0.15) is 0 Å². The van der Waals surface area contributed by atoms with Gasteiger partial charge in [-0.15, -0.1) is 0 Å². The molecule has 0 nitrogen and oxygen atoms in total. The van der Waals surface area contributed by atoms with Crippen molar-refractivity contribution in [2.45, 2.75) is 186 Å². The summed E-state index contributed by atoms with van der Waals surface area (Å²) >= 11 is 7.69. The van der Waals surface area contributed by atoms with Crippen molar-refractivity contribution in [2.24, 2.45) is 0 Å². The molecule has 0 N–H and O–H groups in total. The van der Waals surface area contributed by atoms with Crippen LogP contribution in [0.3, 0.4) is 0 Å². The van der Waals surface area contributed by atoms with Crippen LogP contribution >= 0.6 is 31.9 Å². The lowest BCUT2D eigenvalue weighted by molar-refractivity contribution is 0.396. The zero-order valence-corrected chi connectivity index (χ0v) is 31.3. The van der Waals surface area contributed by atoms with Crippen molar-refractivity contribution in [3.63, 3.8) is 0 Å². The minimum atomic E-state index is 0.162. The summed E-state index contributed by atoms with van der Waals surface area (Å²) < 4.78 is 2.46. The third kappa shape index (κ3) is 12.6. The molecule has 0 unspecified atom stereocenters. The average molecular weight is 717 g/mol. The highest BCUT2D eigenvalue weighted by molar-refractivity contribution is 9.10. The van der Waals surface area contributed by atoms with Crippen molar-refractivity contribution in [3.8, 4) is 11.1 Å². The van der Waals surface area contributed by atoms with Crippen LogP contribution in [0.4, 0.5) is 0 Å². The summed E-state index contributed by atoms with van der Waals surface area (Å²) in [4.78, 5) is 0. The monoisotopic (exact) mass is 714 g/mol. The van der Waals surface area contributed by atoms with Gasteiger partial charge in [-0.05, 0) is 59.4 Å². The van der Waals surface area contributed by atoms with Crippen LogP contribution in [0.1, 0.15) is 192 Å². The van der Waals surface area contributed by atoms with Gasteiger partial charge in [0.1, 0.15) is 0 Å². The summed E-state index contributed by atoms with van der Waals surface area (Å²) in [7, 11) is 0. The Morgan fingerprint density at radius 2 is 0.674 bits per heavy atom. The van der Waals surface area contributed by atoms with E-state index in [-0.39, 0.29) is 5.41 Å². The molecule has 0 atom stereocenters. The molecule has 0 fully saturated rings. The number of unbranched alkanes of at least 4 members (excludes halogenated alkanes) is 22. The maximum Gasteiger partial charge on any atom is 0.0216 e. The van der Waals surface area contributed by atoms with Gasteiger partial charge < -0.3 is 0 Å². The highest BCUT2D eigenvalue weighted by Crippen LogP contribution is 2.55. The summed E-state index contributed by atoms with van der Waals surface area (Å²) in [6.45, 7) is 4.62. The van der Waals surface area contributed by atoms with E-state index in [4.69, 9.17) is 0 Å². The lowest BCUT2D eigenvalue weighted by atomic mass is 9.70. The third-order valence-electron chi connectivity index (χ3n) is 10.2. The second kappa shape index (κ2) is 22.0. The Labute approximate surface area is 284 Å². The number of hydrogen-bond acceptors (Lipinski definition) is 0. The topological polar surface area (TPSA) is 0 Å². The van der Waals surface area contributed by atoms with Gasteiger partial charge in [0.15, 0.2) is 0 Å². The van der Waals surface area contributed by atoms with Crippen LogP contribution in [0, 0.1) is 0 Å². The first-order chi connectivity index (χ1) is 21.1. The largest absolute Gasteiger partial charge is 0.0654 e. The van der Waals surface area contributed by atoms with Crippen LogP contribution in [-0.2, 0) is 5.41 Å². The standard InChI is InChI=1S/C41H64Br2/c1-3-5-7-9-11-13-15-17-19-21-23-25-31-41(32-26-24-22-20-18-16-14-12-10-8-6-4-2)39-33-35(42)27-29-37(39)38-30-28-36(43)34-40(38)41/h27-30,33-34H,3-26,31-32H2,1-2H3. The molecule has 2 heteroatoms. The highest BCUT2D eigenvalue weighted by Gasteiger charge is 2.42. The van der Waals surface area contributed by atoms with Crippen molar-refractivity contribution in [3.05, 3.63) is 56.5 Å². The Morgan fingerprint density at radius 1 is 0.395 bits per heavy atom. The maximum absolute atomic E-state index is 3.85. The molecule has 0 aromatic heterocycles. The van der Waals surface area contributed by atoms with Gasteiger partial charge in [-0.1, -0.05) is 212 Å². The zero-order valence-electron chi connectivity index (χ0n) is 28.1. The summed E-state index contributed by atoms with van der Waals surface area (Å²) in [6.07, 6.45) is 36.5. The van der Waals surface area contributed by atoms with Crippen LogP contribution in [0.2, 0.25) is 0 Å². The number of benzene rings is 2. The fourth-order valence-electron chi connectivity index (χ4n) is 7.64. The van der Waals surface area contributed by atoms with Gasteiger partial charge >= 0.3 is 0 Å². The van der Waals surface area contributed by atoms with E-state index in [1.165, 1.54) is 187 Å². The molecule has 0 saturated heterocycles. The summed E-state index contributed by atoms with van der Waals surface area (Å²) in [5.41, 5.74) is 6.28. The Bertz CT molecular complexity index is 927. The van der Waals surface area contributed by atoms with Crippen molar-refractivity contribution >= 4 is 31.9 Å². The van der Waals surface area contributed by atoms with Gasteiger partial charge in [-0.25, -0.2) is 0 Å². The molecule has 1 aliphatic carbocycles. The highest BCUT2D eigenvalue weighted by atomic mass is 79.9. The van der Waals surface area contributed by atoms with Gasteiger partial charge in [0.2, 0.25) is 0 Å². The molecule has 0 aliphatic heterocycles. The molecule has 242 valence electrons. The van der Waals surface area contributed by atoms with Crippen LogP contribution in [0.5, 0.6) is 0 Å². The van der Waals surface area contributed by atoms with Gasteiger partial charge in [0.05, 0.1) is 0 Å². The molecule has 2 aromatic rings. The van der Waals surface area contributed by atoms with Crippen LogP contribution in [0.15, 0.2) is 45.3 Å². The molecule has 0 bridgehead atoms. The first-order valence-corrected chi connectivity index (χ1v) is 20.3. The third-order valence-corrected chi connectivity index (χ3v) is 11.2. The Morgan fingerprint density at radius 3 is 0.977 bits per heavy atom.